The quantitative estimate of drug-likeness (QED) is 0.489. The van der Waals surface area contributed by atoms with Gasteiger partial charge in [0.25, 0.3) is 0 Å². The molecule has 0 saturated carbocycles. The number of hydrogen-bond acceptors (Lipinski definition) is 6. The summed E-state index contributed by atoms with van der Waals surface area (Å²) in [6.45, 7) is 3.89. The second-order valence-corrected chi connectivity index (χ2v) is 7.75. The molecule has 1 saturated heterocycles. The molecule has 154 valence electrons. The van der Waals surface area contributed by atoms with E-state index in [1.165, 1.54) is 0 Å². The fraction of sp³-hybridized carbons (Fsp3) is 0.217. The molecule has 8 heteroatoms. The smallest absolute Gasteiger partial charge is 0.156 e. The van der Waals surface area contributed by atoms with Crippen molar-refractivity contribution in [3.63, 3.8) is 0 Å². The van der Waals surface area contributed by atoms with Crippen LogP contribution in [-0.2, 0) is 11.3 Å². The van der Waals surface area contributed by atoms with Crippen molar-refractivity contribution in [2.45, 2.75) is 6.54 Å². The van der Waals surface area contributed by atoms with Gasteiger partial charge in [0, 0.05) is 42.6 Å². The molecule has 7 nitrogen and oxygen atoms in total. The highest BCUT2D eigenvalue weighted by Crippen LogP contribution is 2.28. The van der Waals surface area contributed by atoms with E-state index in [1.807, 2.05) is 30.5 Å². The molecule has 0 unspecified atom stereocenters. The van der Waals surface area contributed by atoms with Crippen LogP contribution < -0.4 is 0 Å². The van der Waals surface area contributed by atoms with Crippen molar-refractivity contribution in [2.24, 2.45) is 0 Å². The van der Waals surface area contributed by atoms with Gasteiger partial charge in [0.1, 0.15) is 17.5 Å². The first kappa shape index (κ1) is 19.6. The predicted molar refractivity (Wildman–Crippen MR) is 117 cm³/mol. The largest absolute Gasteiger partial charge is 0.379 e. The lowest BCUT2D eigenvalue weighted by molar-refractivity contribution is 0.0336. The average Bonchev–Trinajstić information content (AvgIpc) is 3.17. The molecule has 1 aliphatic rings. The summed E-state index contributed by atoms with van der Waals surface area (Å²) in [7, 11) is 0. The molecule has 5 rings (SSSR count). The van der Waals surface area contributed by atoms with Crippen LogP contribution in [-0.4, -0.2) is 50.6 Å². The van der Waals surface area contributed by atoms with Crippen LogP contribution in [0.2, 0.25) is 5.02 Å². The summed E-state index contributed by atoms with van der Waals surface area (Å²) in [6.07, 6.45) is 5.32. The highest BCUT2D eigenvalue weighted by Gasteiger charge is 2.20. The number of imidazole rings is 1. The van der Waals surface area contributed by atoms with E-state index in [0.29, 0.717) is 22.0 Å². The second kappa shape index (κ2) is 8.44. The lowest BCUT2D eigenvalue weighted by atomic mass is 10.1. The molecule has 0 amide bonds. The van der Waals surface area contributed by atoms with E-state index in [9.17, 15) is 5.26 Å². The van der Waals surface area contributed by atoms with E-state index in [0.717, 1.165) is 55.4 Å². The number of morpholine rings is 1. The van der Waals surface area contributed by atoms with Crippen LogP contribution in [0, 0.1) is 11.3 Å². The molecule has 0 radical (unpaired) electrons. The molecule has 31 heavy (non-hydrogen) atoms. The third-order valence-corrected chi connectivity index (χ3v) is 5.63. The zero-order chi connectivity index (χ0) is 21.2. The first-order valence-corrected chi connectivity index (χ1v) is 10.4. The Labute approximate surface area is 184 Å². The number of benzene rings is 1. The highest BCUT2D eigenvalue weighted by molar-refractivity contribution is 6.30. The van der Waals surface area contributed by atoms with E-state index >= 15 is 0 Å². The van der Waals surface area contributed by atoms with Crippen LogP contribution in [0.4, 0.5) is 0 Å². The van der Waals surface area contributed by atoms with E-state index in [4.69, 9.17) is 21.3 Å². The highest BCUT2D eigenvalue weighted by atomic mass is 35.5. The molecule has 0 N–H and O–H groups in total. The lowest BCUT2D eigenvalue weighted by Gasteiger charge is -2.26. The van der Waals surface area contributed by atoms with Crippen LogP contribution in [0.3, 0.4) is 0 Å². The Morgan fingerprint density at radius 1 is 1.06 bits per heavy atom. The number of nitriles is 1. The van der Waals surface area contributed by atoms with Crippen LogP contribution in [0.5, 0.6) is 0 Å². The number of rotatable bonds is 4. The van der Waals surface area contributed by atoms with Gasteiger partial charge in [-0.05, 0) is 24.3 Å². The van der Waals surface area contributed by atoms with Gasteiger partial charge < -0.3 is 4.74 Å². The second-order valence-electron chi connectivity index (χ2n) is 7.31. The van der Waals surface area contributed by atoms with Crippen molar-refractivity contribution >= 4 is 17.2 Å². The first-order chi connectivity index (χ1) is 15.2. The summed E-state index contributed by atoms with van der Waals surface area (Å²) in [5, 5.41) is 10.2. The summed E-state index contributed by atoms with van der Waals surface area (Å²) in [6, 6.07) is 13.4. The van der Waals surface area contributed by atoms with Crippen molar-refractivity contribution in [2.75, 3.05) is 26.3 Å². The normalized spacial score (nSPS) is 14.6. The molecular formula is C23H19ClN6O. The Morgan fingerprint density at radius 3 is 2.65 bits per heavy atom. The van der Waals surface area contributed by atoms with E-state index in [-0.39, 0.29) is 0 Å². The van der Waals surface area contributed by atoms with Crippen LogP contribution in [0.1, 0.15) is 11.3 Å². The van der Waals surface area contributed by atoms with Crippen molar-refractivity contribution in [3.8, 4) is 28.7 Å². The number of ether oxygens (including phenoxy) is 1. The minimum Gasteiger partial charge on any atom is -0.379 e. The Hall–Kier alpha value is -3.31. The van der Waals surface area contributed by atoms with E-state index in [2.05, 4.69) is 25.3 Å². The third kappa shape index (κ3) is 3.89. The lowest BCUT2D eigenvalue weighted by Crippen LogP contribution is -2.36. The Bertz CT molecular complexity index is 1270. The zero-order valence-electron chi connectivity index (χ0n) is 16.7. The molecule has 1 aliphatic heterocycles. The first-order valence-electron chi connectivity index (χ1n) is 10.0. The number of pyridine rings is 1. The zero-order valence-corrected chi connectivity index (χ0v) is 17.5. The molecular weight excluding hydrogens is 412 g/mol. The molecule has 0 spiro atoms. The fourth-order valence-corrected chi connectivity index (χ4v) is 3.91. The molecule has 3 aromatic heterocycles. The van der Waals surface area contributed by atoms with Gasteiger partial charge in [0.2, 0.25) is 0 Å². The maximum absolute atomic E-state index is 9.47. The maximum atomic E-state index is 9.47. The van der Waals surface area contributed by atoms with Gasteiger partial charge in [-0.3, -0.25) is 14.3 Å². The standard InChI is InChI=1S/C23H19ClN6O/c24-18-5-3-16(4-6-18)23-20(15-29-8-10-31-11-9-29)30-14-19(27-13-21(30)28-23)22-17(12-25)2-1-7-26-22/h1-7,13-14H,8-11,15H2. The van der Waals surface area contributed by atoms with Crippen LogP contribution in [0.15, 0.2) is 55.0 Å². The van der Waals surface area contributed by atoms with E-state index in [1.54, 1.807) is 24.5 Å². The number of halogens is 1. The molecule has 0 aliphatic carbocycles. The van der Waals surface area contributed by atoms with Gasteiger partial charge in [-0.25, -0.2) is 9.97 Å². The molecule has 4 aromatic rings. The van der Waals surface area contributed by atoms with Gasteiger partial charge in [0.05, 0.1) is 36.4 Å². The van der Waals surface area contributed by atoms with Crippen molar-refractivity contribution in [1.82, 2.24) is 24.3 Å². The Morgan fingerprint density at radius 2 is 1.87 bits per heavy atom. The van der Waals surface area contributed by atoms with Crippen molar-refractivity contribution in [3.05, 3.63) is 71.3 Å². The van der Waals surface area contributed by atoms with Gasteiger partial charge in [-0.1, -0.05) is 23.7 Å². The van der Waals surface area contributed by atoms with Crippen molar-refractivity contribution < 1.29 is 4.74 Å². The number of fused-ring (bicyclic) bond motifs is 1. The summed E-state index contributed by atoms with van der Waals surface area (Å²) >= 11 is 6.10. The van der Waals surface area contributed by atoms with Crippen LogP contribution >= 0.6 is 11.6 Å². The predicted octanol–water partition coefficient (Wildman–Crippen LogP) is 3.82. The van der Waals surface area contributed by atoms with Crippen LogP contribution in [0.25, 0.3) is 28.3 Å². The summed E-state index contributed by atoms with van der Waals surface area (Å²) < 4.78 is 7.56. The maximum Gasteiger partial charge on any atom is 0.156 e. The third-order valence-electron chi connectivity index (χ3n) is 5.37. The summed E-state index contributed by atoms with van der Waals surface area (Å²) in [5.41, 5.74) is 5.36. The van der Waals surface area contributed by atoms with E-state index < -0.39 is 0 Å². The fourth-order valence-electron chi connectivity index (χ4n) is 3.79. The van der Waals surface area contributed by atoms with Gasteiger partial charge in [-0.15, -0.1) is 0 Å². The Kier molecular flexibility index (Phi) is 5.35. The Balaban J connectivity index is 1.66. The molecule has 0 atom stereocenters. The molecule has 1 aromatic carbocycles. The number of nitrogens with zero attached hydrogens (tertiary/aromatic N) is 6. The number of hydrogen-bond donors (Lipinski definition) is 0. The monoisotopic (exact) mass is 430 g/mol. The van der Waals surface area contributed by atoms with Gasteiger partial charge in [-0.2, -0.15) is 5.26 Å². The summed E-state index contributed by atoms with van der Waals surface area (Å²) in [5.74, 6) is 0. The average molecular weight is 431 g/mol. The minimum absolute atomic E-state index is 0.488. The molecule has 0 bridgehead atoms. The SMILES string of the molecule is N#Cc1cccnc1-c1cn2c(CN3CCOCC3)c(-c3ccc(Cl)cc3)nc2cn1. The topological polar surface area (TPSA) is 79.3 Å². The number of aromatic nitrogens is 4. The van der Waals surface area contributed by atoms with Gasteiger partial charge in [0.15, 0.2) is 5.65 Å². The minimum atomic E-state index is 0.488. The molecule has 4 heterocycles. The van der Waals surface area contributed by atoms with Crippen molar-refractivity contribution in [1.29, 1.82) is 5.26 Å². The summed E-state index contributed by atoms with van der Waals surface area (Å²) in [4.78, 5) is 16.2. The van der Waals surface area contributed by atoms with Gasteiger partial charge >= 0.3 is 0 Å². The molecule has 1 fully saturated rings.